The highest BCUT2D eigenvalue weighted by Gasteiger charge is 2.08. The molecule has 128 valence electrons. The molecule has 1 aromatic heterocycles. The average Bonchev–Trinajstić information content (AvgIpc) is 3.15. The van der Waals surface area contributed by atoms with Gasteiger partial charge in [0, 0.05) is 29.2 Å². The Bertz CT molecular complexity index is 783. The fourth-order valence-corrected chi connectivity index (χ4v) is 3.39. The van der Waals surface area contributed by atoms with Gasteiger partial charge in [0.1, 0.15) is 0 Å². The van der Waals surface area contributed by atoms with Crippen molar-refractivity contribution in [1.29, 1.82) is 0 Å². The number of benzene rings is 2. The predicted octanol–water partition coefficient (Wildman–Crippen LogP) is 5.02. The van der Waals surface area contributed by atoms with Gasteiger partial charge in [-0.1, -0.05) is 43.3 Å². The van der Waals surface area contributed by atoms with Crippen LogP contribution in [0.3, 0.4) is 0 Å². The van der Waals surface area contributed by atoms with E-state index in [-0.39, 0.29) is 5.91 Å². The van der Waals surface area contributed by atoms with Crippen LogP contribution in [-0.2, 0) is 13.1 Å². The molecule has 0 unspecified atom stereocenters. The first kappa shape index (κ1) is 17.4. The van der Waals surface area contributed by atoms with E-state index in [1.165, 1.54) is 10.4 Å². The summed E-state index contributed by atoms with van der Waals surface area (Å²) in [5.74, 6) is -0.0799. The number of nitrogens with one attached hydrogen (secondary N) is 1. The summed E-state index contributed by atoms with van der Waals surface area (Å²) in [5.41, 5.74) is 2.70. The molecule has 1 amide bonds. The van der Waals surface area contributed by atoms with Crippen LogP contribution in [0, 0.1) is 0 Å². The zero-order chi connectivity index (χ0) is 17.5. The van der Waals surface area contributed by atoms with Gasteiger partial charge in [-0.25, -0.2) is 0 Å². The van der Waals surface area contributed by atoms with E-state index in [9.17, 15) is 4.79 Å². The average molecular weight is 350 g/mol. The topological polar surface area (TPSA) is 32.3 Å². The highest BCUT2D eigenvalue weighted by Crippen LogP contribution is 2.15. The van der Waals surface area contributed by atoms with Gasteiger partial charge in [0.15, 0.2) is 0 Å². The van der Waals surface area contributed by atoms with E-state index in [0.717, 1.165) is 25.3 Å². The number of nitrogens with zero attached hydrogens (tertiary/aromatic N) is 1. The molecule has 4 heteroatoms. The summed E-state index contributed by atoms with van der Waals surface area (Å²) in [6.45, 7) is 5.02. The minimum atomic E-state index is -0.0799. The summed E-state index contributed by atoms with van der Waals surface area (Å²) >= 11 is 1.79. The molecule has 0 saturated heterocycles. The van der Waals surface area contributed by atoms with Crippen LogP contribution in [0.25, 0.3) is 0 Å². The molecular weight excluding hydrogens is 328 g/mol. The lowest BCUT2D eigenvalue weighted by molar-refractivity contribution is 0.102. The lowest BCUT2D eigenvalue weighted by Gasteiger charge is -2.19. The second kappa shape index (κ2) is 8.60. The number of hydrogen-bond acceptors (Lipinski definition) is 3. The van der Waals surface area contributed by atoms with Crippen LogP contribution in [0.1, 0.15) is 27.7 Å². The molecule has 0 fully saturated rings. The fourth-order valence-electron chi connectivity index (χ4n) is 2.65. The predicted molar refractivity (Wildman–Crippen MR) is 105 cm³/mol. The highest BCUT2D eigenvalue weighted by atomic mass is 32.1. The van der Waals surface area contributed by atoms with Crippen LogP contribution >= 0.6 is 11.3 Å². The summed E-state index contributed by atoms with van der Waals surface area (Å²) in [6, 6.07) is 21.6. The highest BCUT2D eigenvalue weighted by molar-refractivity contribution is 7.09. The molecule has 2 aromatic carbocycles. The van der Waals surface area contributed by atoms with Gasteiger partial charge in [-0.05, 0) is 47.8 Å². The minimum absolute atomic E-state index is 0.0799. The number of anilines is 1. The van der Waals surface area contributed by atoms with Gasteiger partial charge in [-0.15, -0.1) is 11.3 Å². The number of para-hydroxylation sites is 1. The zero-order valence-electron chi connectivity index (χ0n) is 14.3. The van der Waals surface area contributed by atoms with E-state index < -0.39 is 0 Å². The van der Waals surface area contributed by atoms with Gasteiger partial charge in [-0.2, -0.15) is 0 Å². The molecule has 0 atom stereocenters. The number of carbonyl (C=O) groups is 1. The summed E-state index contributed by atoms with van der Waals surface area (Å²) in [6.07, 6.45) is 0. The number of carbonyl (C=O) groups excluding carboxylic acids is 1. The van der Waals surface area contributed by atoms with E-state index in [1.807, 2.05) is 54.6 Å². The standard InChI is InChI=1S/C21H22N2OS/c1-2-23(16-20-9-6-14-25-20)15-17-10-12-18(13-11-17)21(24)22-19-7-4-3-5-8-19/h3-14H,2,15-16H2,1H3,(H,22,24). The van der Waals surface area contributed by atoms with Crippen LogP contribution in [0.2, 0.25) is 0 Å². The van der Waals surface area contributed by atoms with Crippen molar-refractivity contribution in [2.45, 2.75) is 20.0 Å². The normalized spacial score (nSPS) is 10.8. The molecule has 3 rings (SSSR count). The Morgan fingerprint density at radius 2 is 1.72 bits per heavy atom. The molecule has 0 aliphatic rings. The van der Waals surface area contributed by atoms with Crippen LogP contribution in [0.5, 0.6) is 0 Å². The second-order valence-electron chi connectivity index (χ2n) is 5.90. The Morgan fingerprint density at radius 1 is 0.960 bits per heavy atom. The van der Waals surface area contributed by atoms with E-state index in [1.54, 1.807) is 11.3 Å². The third kappa shape index (κ3) is 5.02. The molecule has 0 aliphatic heterocycles. The Kier molecular flexibility index (Phi) is 5.99. The number of amides is 1. The number of rotatable bonds is 7. The van der Waals surface area contributed by atoms with Crippen molar-refractivity contribution in [3.63, 3.8) is 0 Å². The second-order valence-corrected chi connectivity index (χ2v) is 6.93. The van der Waals surface area contributed by atoms with Gasteiger partial charge >= 0.3 is 0 Å². The van der Waals surface area contributed by atoms with E-state index in [0.29, 0.717) is 5.56 Å². The molecule has 0 radical (unpaired) electrons. The quantitative estimate of drug-likeness (QED) is 0.649. The van der Waals surface area contributed by atoms with Crippen molar-refractivity contribution >= 4 is 22.9 Å². The maximum absolute atomic E-state index is 12.3. The van der Waals surface area contributed by atoms with Crippen LogP contribution in [0.15, 0.2) is 72.1 Å². The van der Waals surface area contributed by atoms with Gasteiger partial charge in [0.2, 0.25) is 0 Å². The molecule has 1 heterocycles. The monoisotopic (exact) mass is 350 g/mol. The zero-order valence-corrected chi connectivity index (χ0v) is 15.1. The number of thiophene rings is 1. The molecule has 0 bridgehead atoms. The van der Waals surface area contributed by atoms with Crippen LogP contribution in [-0.4, -0.2) is 17.4 Å². The lowest BCUT2D eigenvalue weighted by Crippen LogP contribution is -2.21. The molecule has 0 aliphatic carbocycles. The summed E-state index contributed by atoms with van der Waals surface area (Å²) < 4.78 is 0. The molecule has 1 N–H and O–H groups in total. The molecule has 3 aromatic rings. The van der Waals surface area contributed by atoms with Crippen molar-refractivity contribution in [3.05, 3.63) is 88.1 Å². The van der Waals surface area contributed by atoms with E-state index in [2.05, 4.69) is 34.7 Å². The Labute approximate surface area is 152 Å². The molecule has 3 nitrogen and oxygen atoms in total. The van der Waals surface area contributed by atoms with E-state index in [4.69, 9.17) is 0 Å². The maximum atomic E-state index is 12.3. The molecule has 25 heavy (non-hydrogen) atoms. The molecular formula is C21H22N2OS. The van der Waals surface area contributed by atoms with Gasteiger partial charge in [0.25, 0.3) is 5.91 Å². The SMILES string of the molecule is CCN(Cc1ccc(C(=O)Nc2ccccc2)cc1)Cc1cccs1. The Morgan fingerprint density at radius 3 is 2.36 bits per heavy atom. The van der Waals surface area contributed by atoms with Gasteiger partial charge < -0.3 is 5.32 Å². The third-order valence-corrected chi connectivity index (χ3v) is 4.92. The lowest BCUT2D eigenvalue weighted by atomic mass is 10.1. The first-order chi connectivity index (χ1) is 12.2. The van der Waals surface area contributed by atoms with Crippen molar-refractivity contribution in [2.75, 3.05) is 11.9 Å². The van der Waals surface area contributed by atoms with Crippen LogP contribution in [0.4, 0.5) is 5.69 Å². The fraction of sp³-hybridized carbons (Fsp3) is 0.190. The van der Waals surface area contributed by atoms with Gasteiger partial charge in [-0.3, -0.25) is 9.69 Å². The third-order valence-electron chi connectivity index (χ3n) is 4.06. The first-order valence-corrected chi connectivity index (χ1v) is 9.32. The summed E-state index contributed by atoms with van der Waals surface area (Å²) in [7, 11) is 0. The van der Waals surface area contributed by atoms with E-state index >= 15 is 0 Å². The van der Waals surface area contributed by atoms with Crippen molar-refractivity contribution < 1.29 is 4.79 Å². The van der Waals surface area contributed by atoms with Crippen molar-refractivity contribution in [2.24, 2.45) is 0 Å². The smallest absolute Gasteiger partial charge is 0.255 e. The minimum Gasteiger partial charge on any atom is -0.322 e. The molecule has 0 spiro atoms. The Balaban J connectivity index is 1.60. The Hall–Kier alpha value is -2.43. The number of hydrogen-bond donors (Lipinski definition) is 1. The first-order valence-electron chi connectivity index (χ1n) is 8.44. The molecule has 0 saturated carbocycles. The summed E-state index contributed by atoms with van der Waals surface area (Å²) in [5, 5.41) is 5.03. The summed E-state index contributed by atoms with van der Waals surface area (Å²) in [4.78, 5) is 16.1. The van der Waals surface area contributed by atoms with Crippen molar-refractivity contribution in [3.8, 4) is 0 Å². The van der Waals surface area contributed by atoms with Crippen LogP contribution < -0.4 is 5.32 Å². The maximum Gasteiger partial charge on any atom is 0.255 e. The van der Waals surface area contributed by atoms with Gasteiger partial charge in [0.05, 0.1) is 0 Å². The largest absolute Gasteiger partial charge is 0.322 e. The van der Waals surface area contributed by atoms with Crippen molar-refractivity contribution in [1.82, 2.24) is 4.90 Å².